The summed E-state index contributed by atoms with van der Waals surface area (Å²) >= 11 is 0. The van der Waals surface area contributed by atoms with Gasteiger partial charge in [0, 0.05) is 32.5 Å². The molecule has 3 amide bonds. The molecule has 0 unspecified atom stereocenters. The molecule has 6 aromatic rings. The van der Waals surface area contributed by atoms with Crippen molar-refractivity contribution in [2.45, 2.75) is 70.3 Å². The maximum atomic E-state index is 14.2. The Hall–Kier alpha value is -6.54. The molecule has 8 rings (SSSR count). The van der Waals surface area contributed by atoms with E-state index in [1.54, 1.807) is 34.2 Å². The van der Waals surface area contributed by atoms with Gasteiger partial charge in [-0.15, -0.1) is 0 Å². The van der Waals surface area contributed by atoms with E-state index in [2.05, 4.69) is 99.8 Å². The number of carbonyl (C=O) groups excluding carboxylic acids is 3. The van der Waals surface area contributed by atoms with Gasteiger partial charge in [-0.05, 0) is 72.7 Å². The van der Waals surface area contributed by atoms with E-state index in [-0.39, 0.29) is 36.5 Å². The number of aromatic nitrogens is 6. The second-order valence-corrected chi connectivity index (χ2v) is 15.3. The van der Waals surface area contributed by atoms with E-state index >= 15 is 0 Å². The first kappa shape index (κ1) is 40.2. The first-order valence-corrected chi connectivity index (χ1v) is 20.9. The highest BCUT2D eigenvalue weighted by Crippen LogP contribution is 2.37. The topological polar surface area (TPSA) is 157 Å². The number of nitrogens with one attached hydrogen (secondary N) is 3. The van der Waals surface area contributed by atoms with Crippen LogP contribution in [0.1, 0.15) is 74.9 Å². The van der Waals surface area contributed by atoms with Crippen molar-refractivity contribution in [3.8, 4) is 33.6 Å². The lowest BCUT2D eigenvalue weighted by Gasteiger charge is -2.34. The Bertz CT molecular complexity index is 2350. The predicted molar refractivity (Wildman–Crippen MR) is 228 cm³/mol. The van der Waals surface area contributed by atoms with E-state index in [9.17, 15) is 14.4 Å². The quantitative estimate of drug-likeness (QED) is 0.105. The van der Waals surface area contributed by atoms with E-state index in [1.807, 2.05) is 29.3 Å². The Balaban J connectivity index is 0.924. The van der Waals surface area contributed by atoms with Crippen molar-refractivity contribution in [2.24, 2.45) is 0 Å². The van der Waals surface area contributed by atoms with Crippen LogP contribution in [0.2, 0.25) is 0 Å². The molecular weight excluding hydrogens is 757 g/mol. The summed E-state index contributed by atoms with van der Waals surface area (Å²) in [6.45, 7) is 7.15. The van der Waals surface area contributed by atoms with Crippen LogP contribution in [0.25, 0.3) is 33.6 Å². The highest BCUT2D eigenvalue weighted by Gasteiger charge is 2.39. The van der Waals surface area contributed by atoms with Gasteiger partial charge < -0.3 is 29.8 Å². The summed E-state index contributed by atoms with van der Waals surface area (Å²) in [7, 11) is 1.46. The fourth-order valence-corrected chi connectivity index (χ4v) is 8.63. The smallest absolute Gasteiger partial charge is 0.407 e. The number of rotatable bonds is 14. The van der Waals surface area contributed by atoms with Crippen LogP contribution in [0, 0.1) is 0 Å². The SMILES string of the molecule is CCN(CC)[C@@H](C(=O)N1CCC[C@H]1c1ncc(-c2ccc(-c3ccc(-c4cnc([C@@H]5CCCN5C(=O)[C@H](Cn5cccn5)OC(=O)NC)[nH]4)cc3)cc2)[nH]1)c1ccccc1. The molecule has 14 heteroatoms. The van der Waals surface area contributed by atoms with Gasteiger partial charge in [0.2, 0.25) is 12.0 Å². The molecule has 310 valence electrons. The summed E-state index contributed by atoms with van der Waals surface area (Å²) in [6.07, 6.45) is 8.68. The monoisotopic (exact) mass is 808 g/mol. The average molecular weight is 809 g/mol. The number of carbonyl (C=O) groups is 3. The maximum Gasteiger partial charge on any atom is 0.407 e. The van der Waals surface area contributed by atoms with E-state index in [0.717, 1.165) is 83.8 Å². The minimum Gasteiger partial charge on any atom is -0.434 e. The molecule has 0 spiro atoms. The van der Waals surface area contributed by atoms with Gasteiger partial charge in [0.25, 0.3) is 5.91 Å². The molecule has 3 aromatic heterocycles. The Morgan fingerprint density at radius 2 is 1.28 bits per heavy atom. The molecule has 2 aliphatic rings. The lowest BCUT2D eigenvalue weighted by Crippen LogP contribution is -2.44. The van der Waals surface area contributed by atoms with Crippen molar-refractivity contribution in [1.82, 2.24) is 49.7 Å². The summed E-state index contributed by atoms with van der Waals surface area (Å²) in [4.78, 5) is 62.7. The fraction of sp³-hybridized carbons (Fsp3) is 0.348. The Labute approximate surface area is 350 Å². The standard InChI is InChI=1S/C46H52N10O4/c1-4-53(5-2)41(35-12-7-6-8-13-35)45(58)56-27-10-15-39(56)43-49-29-37(52-43)34-22-18-32(19-23-34)31-16-20-33(21-17-31)36-28-48-42(51-36)38-14-9-26-55(38)44(57)40(60-46(59)47-3)30-54-25-11-24-50-54/h6-8,11-13,16-25,28-29,38-41H,4-5,9-10,14-15,26-27,30H2,1-3H3,(H,47,59)(H,48,51)(H,49,52)/t38-,39-,40-,41+/m0/s1. The molecule has 0 radical (unpaired) electrons. The highest BCUT2D eigenvalue weighted by atomic mass is 16.6. The molecule has 0 saturated carbocycles. The summed E-state index contributed by atoms with van der Waals surface area (Å²) in [5.41, 5.74) is 6.93. The number of aromatic amines is 2. The number of imidazole rings is 2. The van der Waals surface area contributed by atoms with Crippen molar-refractivity contribution in [1.29, 1.82) is 0 Å². The molecule has 2 aliphatic heterocycles. The molecule has 2 saturated heterocycles. The molecule has 60 heavy (non-hydrogen) atoms. The zero-order chi connectivity index (χ0) is 41.6. The lowest BCUT2D eigenvalue weighted by atomic mass is 10.0. The van der Waals surface area contributed by atoms with Crippen molar-refractivity contribution < 1.29 is 19.1 Å². The normalized spacial score (nSPS) is 17.5. The molecule has 14 nitrogen and oxygen atoms in total. The molecule has 0 aliphatic carbocycles. The third-order valence-corrected chi connectivity index (χ3v) is 11.8. The average Bonchev–Trinajstić information content (AvgIpc) is 4.15. The van der Waals surface area contributed by atoms with Crippen molar-refractivity contribution in [2.75, 3.05) is 33.2 Å². The molecule has 4 atom stereocenters. The van der Waals surface area contributed by atoms with Crippen LogP contribution in [0.3, 0.4) is 0 Å². The van der Waals surface area contributed by atoms with Gasteiger partial charge >= 0.3 is 6.09 Å². The van der Waals surface area contributed by atoms with E-state index in [4.69, 9.17) is 14.7 Å². The lowest BCUT2D eigenvalue weighted by molar-refractivity contribution is -0.142. The Morgan fingerprint density at radius 3 is 1.78 bits per heavy atom. The van der Waals surface area contributed by atoms with Crippen LogP contribution in [-0.4, -0.2) is 102 Å². The number of hydrogen-bond donors (Lipinski definition) is 3. The van der Waals surface area contributed by atoms with Gasteiger partial charge in [0.1, 0.15) is 17.7 Å². The summed E-state index contributed by atoms with van der Waals surface area (Å²) in [5, 5.41) is 6.63. The van der Waals surface area contributed by atoms with Gasteiger partial charge in [-0.2, -0.15) is 5.10 Å². The number of benzene rings is 3. The molecule has 2 fully saturated rings. The largest absolute Gasteiger partial charge is 0.434 e. The number of hydrogen-bond acceptors (Lipinski definition) is 8. The first-order chi connectivity index (χ1) is 29.3. The van der Waals surface area contributed by atoms with Crippen LogP contribution in [0.4, 0.5) is 4.79 Å². The maximum absolute atomic E-state index is 14.2. The van der Waals surface area contributed by atoms with Gasteiger partial charge in [-0.1, -0.05) is 92.7 Å². The molecular formula is C46H52N10O4. The van der Waals surface area contributed by atoms with Crippen LogP contribution in [0.5, 0.6) is 0 Å². The van der Waals surface area contributed by atoms with Crippen molar-refractivity contribution in [3.05, 3.63) is 127 Å². The van der Waals surface area contributed by atoms with Crippen LogP contribution in [0.15, 0.2) is 110 Å². The zero-order valence-corrected chi connectivity index (χ0v) is 34.3. The number of likely N-dealkylation sites (N-methyl/N-ethyl adjacent to an activating group) is 1. The van der Waals surface area contributed by atoms with E-state index in [0.29, 0.717) is 18.9 Å². The first-order valence-electron chi connectivity index (χ1n) is 20.9. The Morgan fingerprint density at radius 1 is 0.750 bits per heavy atom. The van der Waals surface area contributed by atoms with Gasteiger partial charge in [-0.3, -0.25) is 19.2 Å². The van der Waals surface area contributed by atoms with Crippen LogP contribution in [-0.2, 0) is 20.9 Å². The fourth-order valence-electron chi connectivity index (χ4n) is 8.63. The number of alkyl carbamates (subject to hydrolysis) is 1. The number of nitrogens with zero attached hydrogens (tertiary/aromatic N) is 7. The van der Waals surface area contributed by atoms with Gasteiger partial charge in [0.15, 0.2) is 0 Å². The Kier molecular flexibility index (Phi) is 12.2. The van der Waals surface area contributed by atoms with E-state index < -0.39 is 12.2 Å². The van der Waals surface area contributed by atoms with Crippen molar-refractivity contribution >= 4 is 17.9 Å². The number of likely N-dealkylation sites (tertiary alicyclic amines) is 2. The van der Waals surface area contributed by atoms with Gasteiger partial charge in [0.05, 0.1) is 42.4 Å². The number of ether oxygens (including phenoxy) is 1. The second-order valence-electron chi connectivity index (χ2n) is 15.3. The minimum absolute atomic E-state index is 0.100. The predicted octanol–water partition coefficient (Wildman–Crippen LogP) is 7.17. The molecule has 3 aromatic carbocycles. The highest BCUT2D eigenvalue weighted by molar-refractivity contribution is 5.85. The van der Waals surface area contributed by atoms with Crippen LogP contribution < -0.4 is 5.32 Å². The van der Waals surface area contributed by atoms with E-state index in [1.165, 1.54) is 7.05 Å². The third-order valence-electron chi connectivity index (χ3n) is 11.8. The molecule has 3 N–H and O–H groups in total. The summed E-state index contributed by atoms with van der Waals surface area (Å²) in [6, 6.07) is 27.9. The molecule has 5 heterocycles. The summed E-state index contributed by atoms with van der Waals surface area (Å²) in [5.74, 6) is 1.36. The van der Waals surface area contributed by atoms with Gasteiger partial charge in [-0.25, -0.2) is 14.8 Å². The number of H-pyrrole nitrogens is 2. The number of amides is 3. The molecule has 0 bridgehead atoms. The van der Waals surface area contributed by atoms with Crippen molar-refractivity contribution in [3.63, 3.8) is 0 Å². The van der Waals surface area contributed by atoms with Crippen LogP contribution >= 0.6 is 0 Å². The minimum atomic E-state index is -1.03. The zero-order valence-electron chi connectivity index (χ0n) is 34.3. The summed E-state index contributed by atoms with van der Waals surface area (Å²) < 4.78 is 7.08. The third kappa shape index (κ3) is 8.46. The second kappa shape index (κ2) is 18.2.